The zero-order valence-corrected chi connectivity index (χ0v) is 18.1. The van der Waals surface area contributed by atoms with Gasteiger partial charge in [-0.15, -0.1) is 0 Å². The lowest BCUT2D eigenvalue weighted by Crippen LogP contribution is -2.28. The lowest BCUT2D eigenvalue weighted by Gasteiger charge is -2.18. The second kappa shape index (κ2) is 8.53. The predicted octanol–water partition coefficient (Wildman–Crippen LogP) is 5.52. The van der Waals surface area contributed by atoms with Crippen molar-refractivity contribution in [2.45, 2.75) is 52.8 Å². The van der Waals surface area contributed by atoms with Gasteiger partial charge in [0.2, 0.25) is 0 Å². The Kier molecular flexibility index (Phi) is 6.20. The van der Waals surface area contributed by atoms with Crippen LogP contribution in [0.4, 0.5) is 13.2 Å². The van der Waals surface area contributed by atoms with Gasteiger partial charge < -0.3 is 5.32 Å². The average molecular weight is 430 g/mol. The first-order valence-electron chi connectivity index (χ1n) is 9.98. The number of halogens is 3. The Bertz CT molecular complexity index is 1090. The highest BCUT2D eigenvalue weighted by Crippen LogP contribution is 2.29. The first-order chi connectivity index (χ1) is 14.5. The number of pyridine rings is 1. The summed E-state index contributed by atoms with van der Waals surface area (Å²) in [5.41, 5.74) is 3.32. The van der Waals surface area contributed by atoms with Gasteiger partial charge in [0.25, 0.3) is 5.91 Å². The van der Waals surface area contributed by atoms with Gasteiger partial charge in [-0.05, 0) is 49.9 Å². The van der Waals surface area contributed by atoms with Crippen LogP contribution in [0.25, 0.3) is 5.82 Å². The van der Waals surface area contributed by atoms with E-state index in [1.54, 1.807) is 0 Å². The summed E-state index contributed by atoms with van der Waals surface area (Å²) in [6.45, 7) is 9.68. The van der Waals surface area contributed by atoms with Crippen LogP contribution in [0.3, 0.4) is 0 Å². The third kappa shape index (κ3) is 4.78. The van der Waals surface area contributed by atoms with Gasteiger partial charge in [-0.1, -0.05) is 37.6 Å². The largest absolute Gasteiger partial charge is 0.417 e. The number of rotatable bonds is 5. The molecular weight excluding hydrogens is 405 g/mol. The van der Waals surface area contributed by atoms with Crippen molar-refractivity contribution in [2.24, 2.45) is 0 Å². The molecule has 0 fully saturated rings. The van der Waals surface area contributed by atoms with Crippen LogP contribution in [0.15, 0.2) is 42.7 Å². The van der Waals surface area contributed by atoms with Gasteiger partial charge in [0.05, 0.1) is 29.1 Å². The Morgan fingerprint density at radius 1 is 1.06 bits per heavy atom. The Morgan fingerprint density at radius 2 is 1.77 bits per heavy atom. The van der Waals surface area contributed by atoms with E-state index in [1.807, 2.05) is 52.8 Å². The molecule has 0 saturated carbocycles. The lowest BCUT2D eigenvalue weighted by atomic mass is 9.99. The molecule has 31 heavy (non-hydrogen) atoms. The molecule has 1 aromatic carbocycles. The van der Waals surface area contributed by atoms with Gasteiger partial charge in [0.1, 0.15) is 0 Å². The monoisotopic (exact) mass is 430 g/mol. The van der Waals surface area contributed by atoms with E-state index < -0.39 is 11.7 Å². The maximum absolute atomic E-state index is 13.0. The Hall–Kier alpha value is -3.16. The molecule has 0 aliphatic rings. The van der Waals surface area contributed by atoms with E-state index in [1.165, 1.54) is 16.9 Å². The molecule has 0 spiro atoms. The summed E-state index contributed by atoms with van der Waals surface area (Å²) in [6.07, 6.45) is -2.27. The van der Waals surface area contributed by atoms with E-state index in [0.29, 0.717) is 11.3 Å². The number of hydrogen-bond donors (Lipinski definition) is 1. The van der Waals surface area contributed by atoms with Crippen LogP contribution < -0.4 is 5.32 Å². The molecule has 2 heterocycles. The lowest BCUT2D eigenvalue weighted by molar-refractivity contribution is -0.137. The number of carbonyl (C=O) groups is 1. The van der Waals surface area contributed by atoms with Crippen molar-refractivity contribution >= 4 is 5.91 Å². The molecule has 1 N–H and O–H groups in total. The van der Waals surface area contributed by atoms with Gasteiger partial charge in [0.15, 0.2) is 5.82 Å². The molecule has 3 rings (SSSR count). The number of amides is 1. The zero-order valence-electron chi connectivity index (χ0n) is 18.1. The van der Waals surface area contributed by atoms with Crippen molar-refractivity contribution in [3.05, 3.63) is 76.2 Å². The zero-order chi connectivity index (χ0) is 22.9. The van der Waals surface area contributed by atoms with Crippen LogP contribution >= 0.6 is 0 Å². The van der Waals surface area contributed by atoms with Crippen LogP contribution in [-0.2, 0) is 6.18 Å². The van der Waals surface area contributed by atoms with Crippen molar-refractivity contribution in [3.8, 4) is 5.82 Å². The molecule has 0 bridgehead atoms. The van der Waals surface area contributed by atoms with Gasteiger partial charge in [0, 0.05) is 6.20 Å². The maximum atomic E-state index is 13.0. The Morgan fingerprint density at radius 3 is 2.35 bits per heavy atom. The SMILES string of the molecule is Cc1ccc(C)c(C(C)NC(=O)c2cnn(-c3ccc(C(F)(F)F)cn3)c2C(C)C)c1. The van der Waals surface area contributed by atoms with Crippen LogP contribution in [0, 0.1) is 13.8 Å². The summed E-state index contributed by atoms with van der Waals surface area (Å²) in [4.78, 5) is 17.0. The standard InChI is InChI=1S/C23H25F3N4O/c1-13(2)21-19(22(31)29-16(5)18-10-14(3)6-7-15(18)4)12-28-30(21)20-9-8-17(11-27-20)23(24,25)26/h6-13,16H,1-5H3,(H,29,31). The molecule has 164 valence electrons. The van der Waals surface area contributed by atoms with Gasteiger partial charge in [-0.3, -0.25) is 4.79 Å². The average Bonchev–Trinajstić information content (AvgIpc) is 3.15. The molecule has 2 aromatic heterocycles. The summed E-state index contributed by atoms with van der Waals surface area (Å²) in [6, 6.07) is 8.06. The first-order valence-corrected chi connectivity index (χ1v) is 9.98. The molecule has 0 aliphatic carbocycles. The third-order valence-corrected chi connectivity index (χ3v) is 5.14. The quantitative estimate of drug-likeness (QED) is 0.580. The summed E-state index contributed by atoms with van der Waals surface area (Å²) in [5.74, 6) is -0.183. The normalized spacial score (nSPS) is 12.8. The molecule has 1 amide bonds. The number of alkyl halides is 3. The number of aryl methyl sites for hydroxylation is 2. The highest BCUT2D eigenvalue weighted by atomic mass is 19.4. The first kappa shape index (κ1) is 22.5. The summed E-state index contributed by atoms with van der Waals surface area (Å²) in [7, 11) is 0. The van der Waals surface area contributed by atoms with E-state index >= 15 is 0 Å². The van der Waals surface area contributed by atoms with Gasteiger partial charge >= 0.3 is 6.18 Å². The highest BCUT2D eigenvalue weighted by molar-refractivity contribution is 5.95. The number of aromatic nitrogens is 3. The van der Waals surface area contributed by atoms with E-state index in [4.69, 9.17) is 0 Å². The smallest absolute Gasteiger partial charge is 0.345 e. The van der Waals surface area contributed by atoms with E-state index in [9.17, 15) is 18.0 Å². The molecule has 0 saturated heterocycles. The third-order valence-electron chi connectivity index (χ3n) is 5.14. The summed E-state index contributed by atoms with van der Waals surface area (Å²) in [5, 5.41) is 7.25. The summed E-state index contributed by atoms with van der Waals surface area (Å²) >= 11 is 0. The maximum Gasteiger partial charge on any atom is 0.417 e. The van der Waals surface area contributed by atoms with Crippen molar-refractivity contribution in [1.29, 1.82) is 0 Å². The number of carbonyl (C=O) groups excluding carboxylic acids is 1. The number of benzene rings is 1. The number of hydrogen-bond acceptors (Lipinski definition) is 3. The molecule has 0 aliphatic heterocycles. The highest BCUT2D eigenvalue weighted by Gasteiger charge is 2.31. The minimum Gasteiger partial charge on any atom is -0.345 e. The van der Waals surface area contributed by atoms with Crippen LogP contribution in [0.1, 0.15) is 71.0 Å². The van der Waals surface area contributed by atoms with E-state index in [2.05, 4.69) is 15.4 Å². The topological polar surface area (TPSA) is 59.8 Å². The molecule has 0 radical (unpaired) electrons. The van der Waals surface area contributed by atoms with Crippen LogP contribution in [0.5, 0.6) is 0 Å². The summed E-state index contributed by atoms with van der Waals surface area (Å²) < 4.78 is 39.9. The predicted molar refractivity (Wildman–Crippen MR) is 112 cm³/mol. The minimum atomic E-state index is -4.47. The molecular formula is C23H25F3N4O. The molecule has 8 heteroatoms. The van der Waals surface area contributed by atoms with Crippen molar-refractivity contribution in [3.63, 3.8) is 0 Å². The van der Waals surface area contributed by atoms with Crippen molar-refractivity contribution in [1.82, 2.24) is 20.1 Å². The molecule has 5 nitrogen and oxygen atoms in total. The van der Waals surface area contributed by atoms with Gasteiger partial charge in [-0.2, -0.15) is 18.3 Å². The Balaban J connectivity index is 1.91. The van der Waals surface area contributed by atoms with E-state index in [-0.39, 0.29) is 23.7 Å². The fourth-order valence-electron chi connectivity index (χ4n) is 3.53. The van der Waals surface area contributed by atoms with Crippen LogP contribution in [-0.4, -0.2) is 20.7 Å². The number of nitrogens with one attached hydrogen (secondary N) is 1. The minimum absolute atomic E-state index is 0.108. The van der Waals surface area contributed by atoms with E-state index in [0.717, 1.165) is 29.0 Å². The van der Waals surface area contributed by atoms with Crippen LogP contribution in [0.2, 0.25) is 0 Å². The fourth-order valence-corrected chi connectivity index (χ4v) is 3.53. The van der Waals surface area contributed by atoms with Crippen molar-refractivity contribution in [2.75, 3.05) is 0 Å². The van der Waals surface area contributed by atoms with Gasteiger partial charge in [-0.25, -0.2) is 9.67 Å². The fraction of sp³-hybridized carbons (Fsp3) is 0.348. The van der Waals surface area contributed by atoms with Crippen molar-refractivity contribution < 1.29 is 18.0 Å². The second-order valence-corrected chi connectivity index (χ2v) is 7.97. The Labute approximate surface area is 179 Å². The number of nitrogens with zero attached hydrogens (tertiary/aromatic N) is 3. The molecule has 1 unspecified atom stereocenters. The second-order valence-electron chi connectivity index (χ2n) is 7.97. The molecule has 3 aromatic rings. The molecule has 1 atom stereocenters.